The minimum absolute atomic E-state index is 0.562. The van der Waals surface area contributed by atoms with Crippen molar-refractivity contribution in [3.8, 4) is 22.9 Å². The van der Waals surface area contributed by atoms with Gasteiger partial charge in [-0.05, 0) is 30.7 Å². The number of nitrogen functional groups attached to an aromatic ring is 1. The lowest BCUT2D eigenvalue weighted by Gasteiger charge is -2.09. The molecule has 1 heterocycles. The molecule has 7 heteroatoms. The van der Waals surface area contributed by atoms with E-state index in [2.05, 4.69) is 10.2 Å². The summed E-state index contributed by atoms with van der Waals surface area (Å²) in [5.41, 5.74) is 1.93. The molecule has 0 fully saturated rings. The maximum absolute atomic E-state index is 6.15. The van der Waals surface area contributed by atoms with Crippen molar-refractivity contribution in [2.75, 3.05) is 25.3 Å². The Labute approximate surface area is 150 Å². The Morgan fingerprint density at radius 2 is 1.76 bits per heavy atom. The monoisotopic (exact) mass is 356 g/mol. The molecule has 3 aromatic rings. The van der Waals surface area contributed by atoms with Crippen molar-refractivity contribution < 1.29 is 9.47 Å². The summed E-state index contributed by atoms with van der Waals surface area (Å²) < 4.78 is 12.6. The predicted octanol–water partition coefficient (Wildman–Crippen LogP) is 3.15. The molecule has 0 bridgehead atoms. The first-order chi connectivity index (χ1) is 12.2. The molecule has 1 aromatic heterocycles. The number of para-hydroxylation sites is 2. The topological polar surface area (TPSA) is 75.2 Å². The van der Waals surface area contributed by atoms with Crippen LogP contribution in [-0.2, 0) is 0 Å². The van der Waals surface area contributed by atoms with Gasteiger partial charge >= 0.3 is 0 Å². The molecule has 0 unspecified atom stereocenters. The lowest BCUT2D eigenvalue weighted by molar-refractivity contribution is 0.341. The van der Waals surface area contributed by atoms with E-state index in [0.717, 1.165) is 22.6 Å². The highest BCUT2D eigenvalue weighted by Crippen LogP contribution is 2.29. The standard InChI is InChI=1S/C18H20N4O2S/c1-13-7-3-5-9-15(13)24-11-12-25-18-21-20-17(22(18)19)14-8-4-6-10-16(14)23-2/h3-10H,11-12,19H2,1-2H3. The highest BCUT2D eigenvalue weighted by molar-refractivity contribution is 7.99. The molecular weight excluding hydrogens is 336 g/mol. The molecule has 3 rings (SSSR count). The molecule has 0 atom stereocenters. The highest BCUT2D eigenvalue weighted by Gasteiger charge is 2.15. The fraction of sp³-hybridized carbons (Fsp3) is 0.222. The van der Waals surface area contributed by atoms with Gasteiger partial charge in [0, 0.05) is 5.75 Å². The van der Waals surface area contributed by atoms with Crippen LogP contribution in [0.25, 0.3) is 11.4 Å². The van der Waals surface area contributed by atoms with Gasteiger partial charge in [-0.3, -0.25) is 0 Å². The molecule has 2 aromatic carbocycles. The zero-order valence-corrected chi connectivity index (χ0v) is 15.0. The summed E-state index contributed by atoms with van der Waals surface area (Å²) in [7, 11) is 1.62. The average molecular weight is 356 g/mol. The summed E-state index contributed by atoms with van der Waals surface area (Å²) in [6.45, 7) is 2.59. The minimum Gasteiger partial charge on any atom is -0.496 e. The van der Waals surface area contributed by atoms with Crippen LogP contribution in [-0.4, -0.2) is 34.3 Å². The van der Waals surface area contributed by atoms with E-state index in [1.54, 1.807) is 7.11 Å². The number of ether oxygens (including phenoxy) is 2. The van der Waals surface area contributed by atoms with Gasteiger partial charge in [-0.2, -0.15) is 0 Å². The van der Waals surface area contributed by atoms with Crippen molar-refractivity contribution in [3.63, 3.8) is 0 Å². The molecule has 25 heavy (non-hydrogen) atoms. The van der Waals surface area contributed by atoms with Gasteiger partial charge in [-0.25, -0.2) is 4.68 Å². The van der Waals surface area contributed by atoms with E-state index in [0.29, 0.717) is 23.3 Å². The van der Waals surface area contributed by atoms with Crippen LogP contribution in [0.2, 0.25) is 0 Å². The van der Waals surface area contributed by atoms with Crippen molar-refractivity contribution in [2.45, 2.75) is 12.1 Å². The Bertz CT molecular complexity index is 851. The molecule has 0 aliphatic carbocycles. The van der Waals surface area contributed by atoms with E-state index >= 15 is 0 Å². The summed E-state index contributed by atoms with van der Waals surface area (Å²) in [5.74, 6) is 9.04. The van der Waals surface area contributed by atoms with Crippen LogP contribution in [0.4, 0.5) is 0 Å². The number of methoxy groups -OCH3 is 1. The first kappa shape index (κ1) is 17.2. The molecule has 0 amide bonds. The molecule has 2 N–H and O–H groups in total. The largest absolute Gasteiger partial charge is 0.496 e. The Kier molecular flexibility index (Phi) is 5.45. The molecule has 6 nitrogen and oxygen atoms in total. The maximum atomic E-state index is 6.15. The molecule has 0 aliphatic heterocycles. The fourth-order valence-corrected chi connectivity index (χ4v) is 3.06. The summed E-state index contributed by atoms with van der Waals surface area (Å²) in [6.07, 6.45) is 0. The molecule has 0 radical (unpaired) electrons. The van der Waals surface area contributed by atoms with Gasteiger partial charge < -0.3 is 15.3 Å². The number of hydrogen-bond donors (Lipinski definition) is 1. The second kappa shape index (κ2) is 7.94. The first-order valence-electron chi connectivity index (χ1n) is 7.86. The van der Waals surface area contributed by atoms with Gasteiger partial charge in [-0.1, -0.05) is 42.1 Å². The van der Waals surface area contributed by atoms with Crippen molar-refractivity contribution in [3.05, 3.63) is 54.1 Å². The van der Waals surface area contributed by atoms with Gasteiger partial charge in [0.15, 0.2) is 5.82 Å². The van der Waals surface area contributed by atoms with Crippen LogP contribution in [0.5, 0.6) is 11.5 Å². The van der Waals surface area contributed by atoms with E-state index in [1.807, 2.05) is 55.5 Å². The van der Waals surface area contributed by atoms with E-state index in [-0.39, 0.29) is 0 Å². The number of aryl methyl sites for hydroxylation is 1. The van der Waals surface area contributed by atoms with Crippen LogP contribution >= 0.6 is 11.8 Å². The van der Waals surface area contributed by atoms with E-state index < -0.39 is 0 Å². The molecule has 0 spiro atoms. The fourth-order valence-electron chi connectivity index (χ4n) is 2.39. The lowest BCUT2D eigenvalue weighted by Crippen LogP contribution is -2.12. The van der Waals surface area contributed by atoms with Crippen LogP contribution < -0.4 is 15.3 Å². The Balaban J connectivity index is 1.63. The summed E-state index contributed by atoms with van der Waals surface area (Å²) in [5, 5.41) is 8.99. The number of benzene rings is 2. The van der Waals surface area contributed by atoms with Crippen LogP contribution in [0.15, 0.2) is 53.7 Å². The van der Waals surface area contributed by atoms with Crippen LogP contribution in [0, 0.1) is 6.92 Å². The van der Waals surface area contributed by atoms with Crippen molar-refractivity contribution in [1.29, 1.82) is 0 Å². The van der Waals surface area contributed by atoms with Gasteiger partial charge in [0.25, 0.3) is 0 Å². The van der Waals surface area contributed by atoms with Gasteiger partial charge in [0.05, 0.1) is 19.3 Å². The second-order valence-electron chi connectivity index (χ2n) is 5.34. The maximum Gasteiger partial charge on any atom is 0.210 e. The zero-order chi connectivity index (χ0) is 17.6. The van der Waals surface area contributed by atoms with Crippen molar-refractivity contribution in [1.82, 2.24) is 14.9 Å². The number of aromatic nitrogens is 3. The third kappa shape index (κ3) is 3.88. The first-order valence-corrected chi connectivity index (χ1v) is 8.84. The minimum atomic E-state index is 0.562. The molecule has 130 valence electrons. The normalized spacial score (nSPS) is 10.6. The third-order valence-corrected chi connectivity index (χ3v) is 4.59. The summed E-state index contributed by atoms with van der Waals surface area (Å²) >= 11 is 1.50. The average Bonchev–Trinajstić information content (AvgIpc) is 3.00. The summed E-state index contributed by atoms with van der Waals surface area (Å²) in [4.78, 5) is 0. The van der Waals surface area contributed by atoms with E-state index in [9.17, 15) is 0 Å². The Morgan fingerprint density at radius 3 is 2.52 bits per heavy atom. The van der Waals surface area contributed by atoms with Gasteiger partial charge in [-0.15, -0.1) is 10.2 Å². The predicted molar refractivity (Wildman–Crippen MR) is 99.6 cm³/mol. The third-order valence-electron chi connectivity index (χ3n) is 3.68. The number of nitrogens with two attached hydrogens (primary N) is 1. The van der Waals surface area contributed by atoms with Crippen molar-refractivity contribution in [2.24, 2.45) is 0 Å². The quantitative estimate of drug-likeness (QED) is 0.398. The lowest BCUT2D eigenvalue weighted by atomic mass is 10.2. The highest BCUT2D eigenvalue weighted by atomic mass is 32.2. The zero-order valence-electron chi connectivity index (χ0n) is 14.2. The smallest absolute Gasteiger partial charge is 0.210 e. The molecular formula is C18H20N4O2S. The number of rotatable bonds is 7. The molecule has 0 aliphatic rings. The number of nitrogens with zero attached hydrogens (tertiary/aromatic N) is 3. The van der Waals surface area contributed by atoms with E-state index in [1.165, 1.54) is 16.4 Å². The van der Waals surface area contributed by atoms with Crippen molar-refractivity contribution >= 4 is 11.8 Å². The molecule has 0 saturated heterocycles. The SMILES string of the molecule is COc1ccccc1-c1nnc(SCCOc2ccccc2C)n1N. The van der Waals surface area contributed by atoms with Crippen LogP contribution in [0.3, 0.4) is 0 Å². The number of thioether (sulfide) groups is 1. The Morgan fingerprint density at radius 1 is 1.04 bits per heavy atom. The second-order valence-corrected chi connectivity index (χ2v) is 6.40. The number of hydrogen-bond acceptors (Lipinski definition) is 6. The van der Waals surface area contributed by atoms with E-state index in [4.69, 9.17) is 15.3 Å². The Hall–Kier alpha value is -2.67. The van der Waals surface area contributed by atoms with Crippen LogP contribution in [0.1, 0.15) is 5.56 Å². The molecule has 0 saturated carbocycles. The van der Waals surface area contributed by atoms with Gasteiger partial charge in [0.2, 0.25) is 5.16 Å². The van der Waals surface area contributed by atoms with Gasteiger partial charge in [0.1, 0.15) is 11.5 Å². The summed E-state index contributed by atoms with van der Waals surface area (Å²) in [6, 6.07) is 15.5.